The first-order valence-electron chi connectivity index (χ1n) is 7.86. The zero-order valence-electron chi connectivity index (χ0n) is 13.7. The number of anilines is 1. The number of nitrogens with two attached hydrogens (primary N) is 1. The van der Waals surface area contributed by atoms with E-state index < -0.39 is 12.0 Å². The Balaban J connectivity index is 0.00000484. The van der Waals surface area contributed by atoms with E-state index in [1.165, 1.54) is 0 Å². The van der Waals surface area contributed by atoms with E-state index in [1.807, 2.05) is 12.1 Å². The molecular formula is C17H27ClN2O3. The minimum Gasteiger partial charge on any atom is -0.480 e. The van der Waals surface area contributed by atoms with Crippen molar-refractivity contribution in [3.63, 3.8) is 0 Å². The Morgan fingerprint density at radius 1 is 1.22 bits per heavy atom. The fourth-order valence-electron chi connectivity index (χ4n) is 2.47. The lowest BCUT2D eigenvalue weighted by Crippen LogP contribution is -2.32. The zero-order valence-corrected chi connectivity index (χ0v) is 14.6. The van der Waals surface area contributed by atoms with Gasteiger partial charge in [-0.15, -0.1) is 12.4 Å². The van der Waals surface area contributed by atoms with E-state index in [2.05, 4.69) is 19.2 Å². The molecule has 6 heteroatoms. The molecule has 0 bridgehead atoms. The van der Waals surface area contributed by atoms with Gasteiger partial charge in [-0.2, -0.15) is 0 Å². The summed E-state index contributed by atoms with van der Waals surface area (Å²) in [5.74, 6) is -0.969. The number of rotatable bonds is 9. The van der Waals surface area contributed by atoms with E-state index in [9.17, 15) is 9.59 Å². The number of halogens is 1. The van der Waals surface area contributed by atoms with Gasteiger partial charge in [-0.1, -0.05) is 38.8 Å². The third-order valence-corrected chi connectivity index (χ3v) is 3.61. The third-order valence-electron chi connectivity index (χ3n) is 3.61. The minimum atomic E-state index is -1.03. The molecular weight excluding hydrogens is 316 g/mol. The number of benzene rings is 1. The molecule has 1 atom stereocenters. The van der Waals surface area contributed by atoms with Gasteiger partial charge in [-0.05, 0) is 37.0 Å². The lowest BCUT2D eigenvalue weighted by molar-refractivity contribution is -0.138. The summed E-state index contributed by atoms with van der Waals surface area (Å²) in [6, 6.07) is 6.28. The largest absolute Gasteiger partial charge is 0.480 e. The van der Waals surface area contributed by atoms with Crippen molar-refractivity contribution in [2.24, 2.45) is 11.7 Å². The molecule has 0 spiro atoms. The van der Waals surface area contributed by atoms with Gasteiger partial charge in [0.1, 0.15) is 6.04 Å². The van der Waals surface area contributed by atoms with Gasteiger partial charge >= 0.3 is 5.97 Å². The molecule has 5 nitrogen and oxygen atoms in total. The molecule has 1 amide bonds. The second-order valence-corrected chi connectivity index (χ2v) is 5.61. The maximum atomic E-state index is 12.3. The van der Waals surface area contributed by atoms with Crippen LogP contribution in [0, 0.1) is 5.92 Å². The van der Waals surface area contributed by atoms with Gasteiger partial charge in [0.2, 0.25) is 5.91 Å². The smallest absolute Gasteiger partial charge is 0.320 e. The number of nitrogens with one attached hydrogen (secondary N) is 1. The Hall–Kier alpha value is -1.59. The maximum Gasteiger partial charge on any atom is 0.320 e. The molecule has 1 aromatic rings. The van der Waals surface area contributed by atoms with Gasteiger partial charge in [0.25, 0.3) is 0 Å². The van der Waals surface area contributed by atoms with Gasteiger partial charge in [0.15, 0.2) is 0 Å². The van der Waals surface area contributed by atoms with Crippen molar-refractivity contribution in [3.05, 3.63) is 29.8 Å². The highest BCUT2D eigenvalue weighted by Crippen LogP contribution is 2.18. The Morgan fingerprint density at radius 3 is 2.35 bits per heavy atom. The first kappa shape index (κ1) is 21.4. The van der Waals surface area contributed by atoms with Crippen molar-refractivity contribution >= 4 is 30.0 Å². The number of hydrogen-bond acceptors (Lipinski definition) is 3. The molecule has 130 valence electrons. The number of amides is 1. The fraction of sp³-hybridized carbons (Fsp3) is 0.529. The molecule has 1 rings (SSSR count). The summed E-state index contributed by atoms with van der Waals surface area (Å²) in [4.78, 5) is 23.1. The van der Waals surface area contributed by atoms with Crippen molar-refractivity contribution in [3.8, 4) is 0 Å². The van der Waals surface area contributed by atoms with E-state index in [-0.39, 0.29) is 30.7 Å². The first-order chi connectivity index (χ1) is 10.5. The molecule has 0 heterocycles. The maximum absolute atomic E-state index is 12.3. The first-order valence-corrected chi connectivity index (χ1v) is 7.86. The van der Waals surface area contributed by atoms with Crippen molar-refractivity contribution < 1.29 is 14.7 Å². The Labute approximate surface area is 144 Å². The van der Waals surface area contributed by atoms with Crippen LogP contribution >= 0.6 is 12.4 Å². The van der Waals surface area contributed by atoms with Crippen molar-refractivity contribution in [2.75, 3.05) is 5.32 Å². The van der Waals surface area contributed by atoms with Gasteiger partial charge in [-0.3, -0.25) is 9.59 Å². The average molecular weight is 343 g/mol. The van der Waals surface area contributed by atoms with Crippen LogP contribution in [-0.2, 0) is 16.0 Å². The van der Waals surface area contributed by atoms with Crippen LogP contribution in [0.3, 0.4) is 0 Å². The number of carbonyl (C=O) groups is 2. The van der Waals surface area contributed by atoms with Gasteiger partial charge in [0, 0.05) is 11.6 Å². The van der Waals surface area contributed by atoms with Crippen molar-refractivity contribution in [1.82, 2.24) is 0 Å². The summed E-state index contributed by atoms with van der Waals surface area (Å²) in [6.45, 7) is 4.15. The van der Waals surface area contributed by atoms with Crippen LogP contribution in [0.5, 0.6) is 0 Å². The van der Waals surface area contributed by atoms with Crippen LogP contribution in [0.2, 0.25) is 0 Å². The number of hydrogen-bond donors (Lipinski definition) is 3. The molecule has 0 radical (unpaired) electrons. The summed E-state index contributed by atoms with van der Waals surface area (Å²) < 4.78 is 0. The second kappa shape index (κ2) is 11.0. The summed E-state index contributed by atoms with van der Waals surface area (Å²) in [7, 11) is 0. The molecule has 23 heavy (non-hydrogen) atoms. The molecule has 4 N–H and O–H groups in total. The van der Waals surface area contributed by atoms with E-state index in [4.69, 9.17) is 10.8 Å². The van der Waals surface area contributed by atoms with Crippen LogP contribution in [0.4, 0.5) is 5.69 Å². The predicted octanol–water partition coefficient (Wildman–Crippen LogP) is 3.22. The molecule has 0 saturated carbocycles. The molecule has 1 aromatic carbocycles. The molecule has 0 aliphatic heterocycles. The van der Waals surface area contributed by atoms with E-state index >= 15 is 0 Å². The molecule has 0 saturated heterocycles. The monoisotopic (exact) mass is 342 g/mol. The number of carboxylic acid groups (broad SMARTS) is 1. The summed E-state index contributed by atoms with van der Waals surface area (Å²) in [5.41, 5.74) is 7.03. The standard InChI is InChI=1S/C17H26N2O3.ClH/c1-3-6-13(7-4-2)16(20)19-14-9-5-8-12(10-14)11-15(18)17(21)22;/h5,8-10,13,15H,3-4,6-7,11,18H2,1-2H3,(H,19,20)(H,21,22);1H. The minimum absolute atomic E-state index is 0. The summed E-state index contributed by atoms with van der Waals surface area (Å²) >= 11 is 0. The van der Waals surface area contributed by atoms with Crippen molar-refractivity contribution in [1.29, 1.82) is 0 Å². The van der Waals surface area contributed by atoms with E-state index in [1.54, 1.807) is 12.1 Å². The summed E-state index contributed by atoms with van der Waals surface area (Å²) in [6.07, 6.45) is 3.95. The van der Waals surface area contributed by atoms with Crippen LogP contribution in [-0.4, -0.2) is 23.0 Å². The zero-order chi connectivity index (χ0) is 16.5. The molecule has 0 aromatic heterocycles. The fourth-order valence-corrected chi connectivity index (χ4v) is 2.47. The highest BCUT2D eigenvalue weighted by atomic mass is 35.5. The van der Waals surface area contributed by atoms with Crippen molar-refractivity contribution in [2.45, 2.75) is 52.0 Å². The average Bonchev–Trinajstić information content (AvgIpc) is 2.47. The lowest BCUT2D eigenvalue weighted by atomic mass is 9.97. The van der Waals surface area contributed by atoms with Crippen LogP contribution < -0.4 is 11.1 Å². The predicted molar refractivity (Wildman–Crippen MR) is 94.9 cm³/mol. The van der Waals surface area contributed by atoms with E-state index in [0.717, 1.165) is 31.2 Å². The highest BCUT2D eigenvalue weighted by Gasteiger charge is 2.17. The molecule has 0 fully saturated rings. The lowest BCUT2D eigenvalue weighted by Gasteiger charge is -2.16. The highest BCUT2D eigenvalue weighted by molar-refractivity contribution is 5.92. The molecule has 0 aliphatic carbocycles. The number of carbonyl (C=O) groups excluding carboxylic acids is 1. The van der Waals surface area contributed by atoms with Gasteiger partial charge < -0.3 is 16.2 Å². The third kappa shape index (κ3) is 7.48. The number of carboxylic acids is 1. The van der Waals surface area contributed by atoms with Crippen LogP contribution in [0.1, 0.15) is 45.1 Å². The van der Waals surface area contributed by atoms with Gasteiger partial charge in [0.05, 0.1) is 0 Å². The van der Waals surface area contributed by atoms with Crippen LogP contribution in [0.15, 0.2) is 24.3 Å². The Bertz CT molecular complexity index is 502. The topological polar surface area (TPSA) is 92.4 Å². The SMILES string of the molecule is CCCC(CCC)C(=O)Nc1cccc(CC(N)C(=O)O)c1.Cl. The number of aliphatic carboxylic acids is 1. The van der Waals surface area contributed by atoms with Crippen LogP contribution in [0.25, 0.3) is 0 Å². The van der Waals surface area contributed by atoms with E-state index in [0.29, 0.717) is 5.69 Å². The summed E-state index contributed by atoms with van der Waals surface area (Å²) in [5, 5.41) is 11.8. The second-order valence-electron chi connectivity index (χ2n) is 5.61. The Morgan fingerprint density at radius 2 is 1.83 bits per heavy atom. The Kier molecular flexibility index (Phi) is 10.3. The molecule has 1 unspecified atom stereocenters. The normalized spacial score (nSPS) is 11.7. The quantitative estimate of drug-likeness (QED) is 0.642. The molecule has 0 aliphatic rings. The van der Waals surface area contributed by atoms with Gasteiger partial charge in [-0.25, -0.2) is 0 Å².